The smallest absolute Gasteiger partial charge is 0.151 e. The molecule has 0 aromatic heterocycles. The molecule has 0 unspecified atom stereocenters. The predicted molar refractivity (Wildman–Crippen MR) is 65.1 cm³/mol. The third-order valence-corrected chi connectivity index (χ3v) is 2.51. The molecule has 1 atom stereocenters. The minimum absolute atomic E-state index is 0.465. The van der Waals surface area contributed by atoms with Crippen LogP contribution in [-0.2, 0) is 16.1 Å². The molecule has 0 fully saturated rings. The number of hydrogen-bond acceptors (Lipinski definition) is 2. The molecule has 0 bridgehead atoms. The SMILES string of the molecule is C=CCC[C@](C)(C=O)OCc1ccccc1. The van der Waals surface area contributed by atoms with Crippen molar-refractivity contribution in [2.75, 3.05) is 0 Å². The Labute approximate surface area is 96.9 Å². The van der Waals surface area contributed by atoms with Crippen LogP contribution < -0.4 is 0 Å². The van der Waals surface area contributed by atoms with Crippen LogP contribution in [0, 0.1) is 0 Å². The Bertz CT molecular complexity index is 332. The summed E-state index contributed by atoms with van der Waals surface area (Å²) in [7, 11) is 0. The third-order valence-electron chi connectivity index (χ3n) is 2.51. The molecule has 0 aliphatic rings. The van der Waals surface area contributed by atoms with Crippen LogP contribution in [0.2, 0.25) is 0 Å². The Morgan fingerprint density at radius 2 is 2.06 bits per heavy atom. The van der Waals surface area contributed by atoms with Gasteiger partial charge < -0.3 is 9.53 Å². The first-order valence-corrected chi connectivity index (χ1v) is 5.45. The summed E-state index contributed by atoms with van der Waals surface area (Å²) in [4.78, 5) is 11.0. The average molecular weight is 218 g/mol. The minimum Gasteiger partial charge on any atom is -0.363 e. The van der Waals surface area contributed by atoms with E-state index >= 15 is 0 Å². The van der Waals surface area contributed by atoms with Crippen molar-refractivity contribution in [2.45, 2.75) is 32.0 Å². The van der Waals surface area contributed by atoms with Crippen molar-refractivity contribution in [3.8, 4) is 0 Å². The topological polar surface area (TPSA) is 26.3 Å². The van der Waals surface area contributed by atoms with E-state index in [0.717, 1.165) is 18.3 Å². The lowest BCUT2D eigenvalue weighted by molar-refractivity contribution is -0.131. The highest BCUT2D eigenvalue weighted by Crippen LogP contribution is 2.17. The molecule has 2 heteroatoms. The highest BCUT2D eigenvalue weighted by atomic mass is 16.5. The Morgan fingerprint density at radius 3 is 2.62 bits per heavy atom. The molecule has 86 valence electrons. The average Bonchev–Trinajstić information content (AvgIpc) is 2.35. The maximum absolute atomic E-state index is 11.0. The molecular formula is C14H18O2. The number of allylic oxidation sites excluding steroid dienone is 1. The number of rotatable bonds is 7. The lowest BCUT2D eigenvalue weighted by atomic mass is 10.0. The molecule has 0 heterocycles. The van der Waals surface area contributed by atoms with Gasteiger partial charge in [-0.05, 0) is 25.3 Å². The molecule has 16 heavy (non-hydrogen) atoms. The molecule has 0 amide bonds. The molecule has 1 rings (SSSR count). The van der Waals surface area contributed by atoms with Gasteiger partial charge >= 0.3 is 0 Å². The second kappa shape index (κ2) is 6.23. The molecule has 0 saturated carbocycles. The van der Waals surface area contributed by atoms with E-state index in [4.69, 9.17) is 4.74 Å². The second-order valence-corrected chi connectivity index (χ2v) is 4.03. The van der Waals surface area contributed by atoms with Gasteiger partial charge in [-0.1, -0.05) is 36.4 Å². The monoisotopic (exact) mass is 218 g/mol. The highest BCUT2D eigenvalue weighted by molar-refractivity contribution is 5.61. The molecule has 1 aromatic rings. The summed E-state index contributed by atoms with van der Waals surface area (Å²) in [6, 6.07) is 9.85. The van der Waals surface area contributed by atoms with Crippen LogP contribution in [0.25, 0.3) is 0 Å². The lowest BCUT2D eigenvalue weighted by Crippen LogP contribution is -2.30. The summed E-state index contributed by atoms with van der Waals surface area (Å²) in [6.45, 7) is 5.92. The van der Waals surface area contributed by atoms with Gasteiger partial charge in [-0.2, -0.15) is 0 Å². The van der Waals surface area contributed by atoms with E-state index < -0.39 is 5.60 Å². The van der Waals surface area contributed by atoms with Crippen molar-refractivity contribution in [3.63, 3.8) is 0 Å². The van der Waals surface area contributed by atoms with Gasteiger partial charge in [0.2, 0.25) is 0 Å². The van der Waals surface area contributed by atoms with Gasteiger partial charge in [0.15, 0.2) is 6.29 Å². The molecule has 0 saturated heterocycles. The van der Waals surface area contributed by atoms with Crippen molar-refractivity contribution in [1.29, 1.82) is 0 Å². The minimum atomic E-state index is -0.704. The first kappa shape index (κ1) is 12.7. The quantitative estimate of drug-likeness (QED) is 0.519. The summed E-state index contributed by atoms with van der Waals surface area (Å²) in [5, 5.41) is 0. The fraction of sp³-hybridized carbons (Fsp3) is 0.357. The van der Waals surface area contributed by atoms with Crippen molar-refractivity contribution < 1.29 is 9.53 Å². The molecular weight excluding hydrogens is 200 g/mol. The number of carbonyl (C=O) groups excluding carboxylic acids is 1. The van der Waals surface area contributed by atoms with Crippen LogP contribution in [0.1, 0.15) is 25.3 Å². The Kier molecular flexibility index (Phi) is 4.93. The molecule has 1 aromatic carbocycles. The molecule has 0 aliphatic heterocycles. The van der Waals surface area contributed by atoms with Gasteiger partial charge in [-0.25, -0.2) is 0 Å². The van der Waals surface area contributed by atoms with E-state index in [1.807, 2.05) is 37.3 Å². The maximum Gasteiger partial charge on any atom is 0.151 e. The molecule has 0 spiro atoms. The van der Waals surface area contributed by atoms with Gasteiger partial charge in [0.1, 0.15) is 5.60 Å². The number of carbonyl (C=O) groups is 1. The van der Waals surface area contributed by atoms with Gasteiger partial charge in [0, 0.05) is 0 Å². The van der Waals surface area contributed by atoms with Crippen LogP contribution in [0.5, 0.6) is 0 Å². The normalized spacial score (nSPS) is 14.1. The van der Waals surface area contributed by atoms with Crippen LogP contribution in [0.3, 0.4) is 0 Å². The van der Waals surface area contributed by atoms with Gasteiger partial charge in [0.05, 0.1) is 6.61 Å². The molecule has 0 N–H and O–H groups in total. The van der Waals surface area contributed by atoms with Crippen LogP contribution in [0.4, 0.5) is 0 Å². The molecule has 0 aliphatic carbocycles. The van der Waals surface area contributed by atoms with E-state index in [0.29, 0.717) is 13.0 Å². The van der Waals surface area contributed by atoms with Crippen LogP contribution >= 0.6 is 0 Å². The van der Waals surface area contributed by atoms with Crippen molar-refractivity contribution in [3.05, 3.63) is 48.6 Å². The first-order chi connectivity index (χ1) is 7.70. The largest absolute Gasteiger partial charge is 0.363 e. The zero-order valence-electron chi connectivity index (χ0n) is 9.69. The fourth-order valence-corrected chi connectivity index (χ4v) is 1.38. The summed E-state index contributed by atoms with van der Waals surface area (Å²) in [6.07, 6.45) is 4.13. The Balaban J connectivity index is 2.50. The van der Waals surface area contributed by atoms with Gasteiger partial charge in [-0.3, -0.25) is 0 Å². The summed E-state index contributed by atoms with van der Waals surface area (Å²) < 4.78 is 5.65. The third kappa shape index (κ3) is 3.99. The Morgan fingerprint density at radius 1 is 1.38 bits per heavy atom. The maximum atomic E-state index is 11.0. The van der Waals surface area contributed by atoms with E-state index in [2.05, 4.69) is 6.58 Å². The van der Waals surface area contributed by atoms with Crippen LogP contribution in [0.15, 0.2) is 43.0 Å². The number of benzene rings is 1. The summed E-state index contributed by atoms with van der Waals surface area (Å²) >= 11 is 0. The second-order valence-electron chi connectivity index (χ2n) is 4.03. The van der Waals surface area contributed by atoms with Crippen molar-refractivity contribution in [1.82, 2.24) is 0 Å². The van der Waals surface area contributed by atoms with E-state index in [9.17, 15) is 4.79 Å². The van der Waals surface area contributed by atoms with E-state index in [1.54, 1.807) is 6.08 Å². The fourth-order valence-electron chi connectivity index (χ4n) is 1.38. The van der Waals surface area contributed by atoms with E-state index in [1.165, 1.54) is 0 Å². The van der Waals surface area contributed by atoms with E-state index in [-0.39, 0.29) is 0 Å². The van der Waals surface area contributed by atoms with Gasteiger partial charge in [-0.15, -0.1) is 6.58 Å². The summed E-state index contributed by atoms with van der Waals surface area (Å²) in [5.74, 6) is 0. The highest BCUT2D eigenvalue weighted by Gasteiger charge is 2.23. The first-order valence-electron chi connectivity index (χ1n) is 5.45. The predicted octanol–water partition coefficient (Wildman–Crippen LogP) is 3.13. The molecule has 0 radical (unpaired) electrons. The summed E-state index contributed by atoms with van der Waals surface area (Å²) in [5.41, 5.74) is 0.374. The number of aldehydes is 1. The number of hydrogen-bond donors (Lipinski definition) is 0. The van der Waals surface area contributed by atoms with Crippen LogP contribution in [-0.4, -0.2) is 11.9 Å². The standard InChI is InChI=1S/C14H18O2/c1-3-4-10-14(2,12-15)16-11-13-8-6-5-7-9-13/h3,5-9,12H,1,4,10-11H2,2H3/t14-/m1/s1. The zero-order valence-corrected chi connectivity index (χ0v) is 9.69. The lowest BCUT2D eigenvalue weighted by Gasteiger charge is -2.23. The zero-order chi connectivity index (χ0) is 11.9. The van der Waals surface area contributed by atoms with Gasteiger partial charge in [0.25, 0.3) is 0 Å². The van der Waals surface area contributed by atoms with Crippen molar-refractivity contribution in [2.24, 2.45) is 0 Å². The Hall–Kier alpha value is -1.41. The number of ether oxygens (including phenoxy) is 1. The molecule has 2 nitrogen and oxygen atoms in total. The van der Waals surface area contributed by atoms with Crippen molar-refractivity contribution >= 4 is 6.29 Å².